The minimum Gasteiger partial charge on any atom is -0.352 e. The molecule has 1 fully saturated rings. The molecule has 1 rings (SSSR count). The van der Waals surface area contributed by atoms with Gasteiger partial charge >= 0.3 is 0 Å². The lowest BCUT2D eigenvalue weighted by atomic mass is 9.92. The van der Waals surface area contributed by atoms with Crippen molar-refractivity contribution in [3.63, 3.8) is 0 Å². The molecule has 0 saturated carbocycles. The Balaban J connectivity index is 2.44. The normalized spacial score (nSPS) is 35.7. The van der Waals surface area contributed by atoms with Crippen LogP contribution in [0, 0.1) is 5.41 Å². The van der Waals surface area contributed by atoms with E-state index < -0.39 is 0 Å². The van der Waals surface area contributed by atoms with Crippen LogP contribution < -0.4 is 0 Å². The minimum absolute atomic E-state index is 0.135. The maximum atomic E-state index is 8.14. The Labute approximate surface area is 71.3 Å². The largest absolute Gasteiger partial charge is 0.352 e. The first kappa shape index (κ1) is 9.32. The van der Waals surface area contributed by atoms with Crippen molar-refractivity contribution < 1.29 is 9.47 Å². The van der Waals surface area contributed by atoms with Gasteiger partial charge in [-0.05, 0) is 12.5 Å². The summed E-state index contributed by atoms with van der Waals surface area (Å²) in [5.74, 6) is 0. The number of rotatable bonds is 2. The average molecular weight is 171 g/mol. The summed E-state index contributed by atoms with van der Waals surface area (Å²) in [5.41, 5.74) is 7.99. The highest BCUT2D eigenvalue weighted by molar-refractivity contribution is 4.78. The van der Waals surface area contributed by atoms with Crippen molar-refractivity contribution in [2.45, 2.75) is 20.1 Å². The van der Waals surface area contributed by atoms with E-state index in [2.05, 4.69) is 10.0 Å². The van der Waals surface area contributed by atoms with E-state index in [1.165, 1.54) is 0 Å². The van der Waals surface area contributed by atoms with Gasteiger partial charge in [0.2, 0.25) is 0 Å². The van der Waals surface area contributed by atoms with Crippen LogP contribution in [0.4, 0.5) is 0 Å². The molecule has 0 aromatic rings. The van der Waals surface area contributed by atoms with Crippen LogP contribution in [0.5, 0.6) is 0 Å². The molecule has 0 aromatic heterocycles. The van der Waals surface area contributed by atoms with Gasteiger partial charge in [-0.2, -0.15) is 0 Å². The molecule has 1 saturated heterocycles. The van der Waals surface area contributed by atoms with Crippen molar-refractivity contribution in [3.8, 4) is 0 Å². The fourth-order valence-electron chi connectivity index (χ4n) is 1.02. The maximum Gasteiger partial charge on any atom is 0.154 e. The summed E-state index contributed by atoms with van der Waals surface area (Å²) < 4.78 is 10.6. The molecule has 1 aliphatic rings. The second-order valence-corrected chi connectivity index (χ2v) is 3.39. The van der Waals surface area contributed by atoms with Gasteiger partial charge in [-0.15, -0.1) is 0 Å². The Morgan fingerprint density at radius 1 is 1.58 bits per heavy atom. The third-order valence-corrected chi connectivity index (χ3v) is 1.85. The number of azide groups is 1. The zero-order valence-corrected chi connectivity index (χ0v) is 7.36. The van der Waals surface area contributed by atoms with Crippen LogP contribution in [0.2, 0.25) is 0 Å². The van der Waals surface area contributed by atoms with Gasteiger partial charge in [0.25, 0.3) is 0 Å². The molecule has 5 heteroatoms. The van der Waals surface area contributed by atoms with Crippen molar-refractivity contribution in [3.05, 3.63) is 10.4 Å². The van der Waals surface area contributed by atoms with Crippen LogP contribution in [0.1, 0.15) is 13.8 Å². The van der Waals surface area contributed by atoms with Crippen molar-refractivity contribution in [1.82, 2.24) is 0 Å². The molecule has 0 radical (unpaired) electrons. The SMILES string of the molecule is CC1OCC(C)(CN=[N+]=[N-])CO1. The van der Waals surface area contributed by atoms with E-state index in [1.807, 2.05) is 13.8 Å². The lowest BCUT2D eigenvalue weighted by Crippen LogP contribution is -2.40. The van der Waals surface area contributed by atoms with Gasteiger partial charge in [0.1, 0.15) is 0 Å². The Kier molecular flexibility index (Phi) is 2.92. The smallest absolute Gasteiger partial charge is 0.154 e. The van der Waals surface area contributed by atoms with Crippen molar-refractivity contribution in [2.24, 2.45) is 10.5 Å². The van der Waals surface area contributed by atoms with Crippen LogP contribution in [0.25, 0.3) is 10.4 Å². The summed E-state index contributed by atoms with van der Waals surface area (Å²) in [5, 5.41) is 3.51. The maximum absolute atomic E-state index is 8.14. The summed E-state index contributed by atoms with van der Waals surface area (Å²) in [4.78, 5) is 2.71. The van der Waals surface area contributed by atoms with Crippen LogP contribution in [-0.2, 0) is 9.47 Å². The molecular formula is C7H13N3O2. The van der Waals surface area contributed by atoms with Crippen molar-refractivity contribution in [1.29, 1.82) is 0 Å². The molecule has 0 N–H and O–H groups in total. The Morgan fingerprint density at radius 2 is 2.17 bits per heavy atom. The summed E-state index contributed by atoms with van der Waals surface area (Å²) in [7, 11) is 0. The van der Waals surface area contributed by atoms with Gasteiger partial charge in [0, 0.05) is 16.9 Å². The summed E-state index contributed by atoms with van der Waals surface area (Å²) in [6, 6.07) is 0. The molecule has 0 atom stereocenters. The highest BCUT2D eigenvalue weighted by Gasteiger charge is 2.30. The summed E-state index contributed by atoms with van der Waals surface area (Å²) >= 11 is 0. The number of ether oxygens (including phenoxy) is 2. The lowest BCUT2D eigenvalue weighted by Gasteiger charge is -2.34. The van der Waals surface area contributed by atoms with Crippen LogP contribution in [0.3, 0.4) is 0 Å². The fourth-order valence-corrected chi connectivity index (χ4v) is 1.02. The summed E-state index contributed by atoms with van der Waals surface area (Å²) in [6.07, 6.45) is -0.135. The molecule has 0 spiro atoms. The predicted molar refractivity (Wildman–Crippen MR) is 43.5 cm³/mol. The van der Waals surface area contributed by atoms with Crippen molar-refractivity contribution >= 4 is 0 Å². The standard InChI is InChI=1S/C7H13N3O2/c1-6-11-4-7(2,5-12-6)3-9-10-8/h6H,3-5H2,1-2H3. The molecule has 0 aliphatic carbocycles. The van der Waals surface area contributed by atoms with Gasteiger partial charge in [-0.1, -0.05) is 12.0 Å². The fraction of sp³-hybridized carbons (Fsp3) is 1.00. The van der Waals surface area contributed by atoms with Crippen LogP contribution in [0.15, 0.2) is 5.11 Å². The first-order valence-electron chi connectivity index (χ1n) is 3.90. The topological polar surface area (TPSA) is 67.2 Å². The van der Waals surface area contributed by atoms with E-state index in [4.69, 9.17) is 15.0 Å². The third kappa shape index (κ3) is 2.37. The number of nitrogens with zero attached hydrogens (tertiary/aromatic N) is 3. The summed E-state index contributed by atoms with van der Waals surface area (Å²) in [6.45, 7) is 5.44. The van der Waals surface area contributed by atoms with Crippen molar-refractivity contribution in [2.75, 3.05) is 19.8 Å². The zero-order valence-electron chi connectivity index (χ0n) is 7.36. The van der Waals surface area contributed by atoms with Gasteiger partial charge in [0.15, 0.2) is 6.29 Å². The highest BCUT2D eigenvalue weighted by Crippen LogP contribution is 2.24. The Hall–Kier alpha value is -0.770. The molecule has 12 heavy (non-hydrogen) atoms. The first-order chi connectivity index (χ1) is 5.66. The van der Waals surface area contributed by atoms with E-state index in [9.17, 15) is 0 Å². The average Bonchev–Trinajstić information content (AvgIpc) is 2.08. The lowest BCUT2D eigenvalue weighted by molar-refractivity contribution is -0.213. The molecule has 5 nitrogen and oxygen atoms in total. The second kappa shape index (κ2) is 3.76. The number of hydrogen-bond donors (Lipinski definition) is 0. The van der Waals surface area contributed by atoms with E-state index in [-0.39, 0.29) is 11.7 Å². The van der Waals surface area contributed by atoms with Gasteiger partial charge in [0.05, 0.1) is 13.2 Å². The van der Waals surface area contributed by atoms with Gasteiger partial charge in [-0.3, -0.25) is 0 Å². The number of hydrogen-bond acceptors (Lipinski definition) is 3. The quantitative estimate of drug-likeness (QED) is 0.360. The Bertz CT molecular complexity index is 193. The van der Waals surface area contributed by atoms with Crippen LogP contribution in [-0.4, -0.2) is 26.0 Å². The Morgan fingerprint density at radius 3 is 2.67 bits per heavy atom. The molecule has 0 unspecified atom stereocenters. The zero-order chi connectivity index (χ0) is 9.03. The predicted octanol–water partition coefficient (Wildman–Crippen LogP) is 1.70. The van der Waals surface area contributed by atoms with Gasteiger partial charge in [-0.25, -0.2) is 0 Å². The molecule has 0 amide bonds. The third-order valence-electron chi connectivity index (χ3n) is 1.85. The molecule has 1 aliphatic heterocycles. The monoisotopic (exact) mass is 171 g/mol. The van der Waals surface area contributed by atoms with Gasteiger partial charge < -0.3 is 9.47 Å². The van der Waals surface area contributed by atoms with E-state index in [1.54, 1.807) is 0 Å². The molecule has 0 aromatic carbocycles. The van der Waals surface area contributed by atoms with E-state index >= 15 is 0 Å². The molecule has 0 bridgehead atoms. The second-order valence-electron chi connectivity index (χ2n) is 3.39. The molecular weight excluding hydrogens is 158 g/mol. The van der Waals surface area contributed by atoms with E-state index in [0.717, 1.165) is 0 Å². The minimum atomic E-state index is -0.154. The highest BCUT2D eigenvalue weighted by atomic mass is 16.7. The first-order valence-corrected chi connectivity index (χ1v) is 3.90. The molecule has 68 valence electrons. The van der Waals surface area contributed by atoms with E-state index in [0.29, 0.717) is 19.8 Å². The molecule has 1 heterocycles. The van der Waals surface area contributed by atoms with Crippen LogP contribution >= 0.6 is 0 Å².